The predicted octanol–water partition coefficient (Wildman–Crippen LogP) is 2.96. The van der Waals surface area contributed by atoms with Gasteiger partial charge in [0, 0.05) is 24.7 Å². The van der Waals surface area contributed by atoms with Crippen molar-refractivity contribution in [3.05, 3.63) is 41.0 Å². The molecule has 0 saturated carbocycles. The number of amides is 1. The third kappa shape index (κ3) is 4.23. The molecule has 1 rings (SSSR count). The van der Waals surface area contributed by atoms with Gasteiger partial charge in [0.05, 0.1) is 0 Å². The van der Waals surface area contributed by atoms with Crippen LogP contribution in [-0.2, 0) is 4.79 Å². The standard InChI is InChI=1S/C16H21NO3/c1-4-10-17(5-2)16(20)14-7-6-12(3)13(11-14)8-9-15(18)19/h6-9,11H,4-5,10H2,1-3H3,(H,18,19)/b9-8+. The van der Waals surface area contributed by atoms with Crippen LogP contribution in [0.4, 0.5) is 0 Å². The number of rotatable bonds is 6. The van der Waals surface area contributed by atoms with Gasteiger partial charge in [0.25, 0.3) is 5.91 Å². The maximum absolute atomic E-state index is 12.4. The Labute approximate surface area is 119 Å². The molecule has 0 aliphatic rings. The van der Waals surface area contributed by atoms with E-state index < -0.39 is 5.97 Å². The molecule has 1 amide bonds. The van der Waals surface area contributed by atoms with E-state index in [4.69, 9.17) is 5.11 Å². The number of hydrogen-bond donors (Lipinski definition) is 1. The van der Waals surface area contributed by atoms with E-state index in [-0.39, 0.29) is 5.91 Å². The van der Waals surface area contributed by atoms with Crippen LogP contribution in [-0.4, -0.2) is 35.0 Å². The molecule has 0 aromatic heterocycles. The van der Waals surface area contributed by atoms with Crippen molar-refractivity contribution in [2.75, 3.05) is 13.1 Å². The molecule has 0 saturated heterocycles. The zero-order valence-corrected chi connectivity index (χ0v) is 12.2. The van der Waals surface area contributed by atoms with Gasteiger partial charge in [0.2, 0.25) is 0 Å². The number of hydrogen-bond acceptors (Lipinski definition) is 2. The molecule has 0 fully saturated rings. The Morgan fingerprint density at radius 3 is 2.55 bits per heavy atom. The van der Waals surface area contributed by atoms with Gasteiger partial charge < -0.3 is 10.0 Å². The summed E-state index contributed by atoms with van der Waals surface area (Å²) >= 11 is 0. The minimum absolute atomic E-state index is 0.0145. The van der Waals surface area contributed by atoms with Gasteiger partial charge in [-0.1, -0.05) is 13.0 Å². The smallest absolute Gasteiger partial charge is 0.328 e. The molecule has 0 aliphatic heterocycles. The third-order valence-electron chi connectivity index (χ3n) is 3.09. The Balaban J connectivity index is 3.05. The zero-order chi connectivity index (χ0) is 15.1. The van der Waals surface area contributed by atoms with Crippen LogP contribution in [0, 0.1) is 6.92 Å². The number of carboxylic acids is 1. The van der Waals surface area contributed by atoms with Crippen molar-refractivity contribution >= 4 is 18.0 Å². The summed E-state index contributed by atoms with van der Waals surface area (Å²) in [6.45, 7) is 7.27. The van der Waals surface area contributed by atoms with E-state index in [0.29, 0.717) is 12.1 Å². The molecular weight excluding hydrogens is 254 g/mol. The number of aliphatic carboxylic acids is 1. The highest BCUT2D eigenvalue weighted by molar-refractivity contribution is 5.95. The highest BCUT2D eigenvalue weighted by Gasteiger charge is 2.13. The summed E-state index contributed by atoms with van der Waals surface area (Å²) in [6, 6.07) is 5.37. The summed E-state index contributed by atoms with van der Waals surface area (Å²) in [5.41, 5.74) is 2.29. The summed E-state index contributed by atoms with van der Waals surface area (Å²) < 4.78 is 0. The number of aryl methyl sites for hydroxylation is 1. The second-order valence-corrected chi connectivity index (χ2v) is 4.63. The van der Waals surface area contributed by atoms with E-state index in [2.05, 4.69) is 0 Å². The fourth-order valence-corrected chi connectivity index (χ4v) is 1.97. The SMILES string of the molecule is CCCN(CC)C(=O)c1ccc(C)c(/C=C/C(=O)O)c1. The van der Waals surface area contributed by atoms with Crippen molar-refractivity contribution in [3.8, 4) is 0 Å². The molecule has 0 bridgehead atoms. The van der Waals surface area contributed by atoms with Crippen molar-refractivity contribution in [1.82, 2.24) is 4.90 Å². The molecule has 20 heavy (non-hydrogen) atoms. The van der Waals surface area contributed by atoms with Gasteiger partial charge in [0.15, 0.2) is 0 Å². The topological polar surface area (TPSA) is 57.6 Å². The van der Waals surface area contributed by atoms with Crippen molar-refractivity contribution in [2.24, 2.45) is 0 Å². The number of carbonyl (C=O) groups is 2. The highest BCUT2D eigenvalue weighted by atomic mass is 16.4. The molecule has 0 atom stereocenters. The van der Waals surface area contributed by atoms with E-state index in [1.165, 1.54) is 6.08 Å². The number of benzene rings is 1. The Morgan fingerprint density at radius 2 is 2.00 bits per heavy atom. The minimum atomic E-state index is -0.998. The van der Waals surface area contributed by atoms with E-state index in [9.17, 15) is 9.59 Å². The van der Waals surface area contributed by atoms with Gasteiger partial charge in [-0.15, -0.1) is 0 Å². The van der Waals surface area contributed by atoms with Gasteiger partial charge in [-0.05, 0) is 49.6 Å². The third-order valence-corrected chi connectivity index (χ3v) is 3.09. The summed E-state index contributed by atoms with van der Waals surface area (Å²) in [5.74, 6) is -1.01. The Hall–Kier alpha value is -2.10. The van der Waals surface area contributed by atoms with Crippen LogP contribution in [0.5, 0.6) is 0 Å². The number of nitrogens with zero attached hydrogens (tertiary/aromatic N) is 1. The van der Waals surface area contributed by atoms with E-state index in [0.717, 1.165) is 30.2 Å². The summed E-state index contributed by atoms with van der Waals surface area (Å²) in [6.07, 6.45) is 3.52. The summed E-state index contributed by atoms with van der Waals surface area (Å²) in [5, 5.41) is 8.68. The maximum atomic E-state index is 12.4. The Bertz CT molecular complexity index is 520. The second-order valence-electron chi connectivity index (χ2n) is 4.63. The highest BCUT2D eigenvalue weighted by Crippen LogP contribution is 2.15. The van der Waals surface area contributed by atoms with Crippen LogP contribution in [0.3, 0.4) is 0 Å². The van der Waals surface area contributed by atoms with Gasteiger partial charge in [-0.25, -0.2) is 4.79 Å². The molecule has 4 nitrogen and oxygen atoms in total. The minimum Gasteiger partial charge on any atom is -0.478 e. The van der Waals surface area contributed by atoms with E-state index >= 15 is 0 Å². The first kappa shape index (κ1) is 16.0. The summed E-state index contributed by atoms with van der Waals surface area (Å²) in [4.78, 5) is 24.7. The molecule has 0 aliphatic carbocycles. The van der Waals surface area contributed by atoms with Crippen molar-refractivity contribution < 1.29 is 14.7 Å². The quantitative estimate of drug-likeness (QED) is 0.812. The molecule has 0 spiro atoms. The first-order chi connectivity index (χ1) is 9.49. The first-order valence-electron chi connectivity index (χ1n) is 6.80. The van der Waals surface area contributed by atoms with Gasteiger partial charge >= 0.3 is 5.97 Å². The fraction of sp³-hybridized carbons (Fsp3) is 0.375. The monoisotopic (exact) mass is 275 g/mol. The lowest BCUT2D eigenvalue weighted by atomic mass is 10.0. The van der Waals surface area contributed by atoms with Crippen LogP contribution in [0.1, 0.15) is 41.8 Å². The van der Waals surface area contributed by atoms with Crippen LogP contribution >= 0.6 is 0 Å². The van der Waals surface area contributed by atoms with Crippen LogP contribution in [0.15, 0.2) is 24.3 Å². The van der Waals surface area contributed by atoms with Crippen LogP contribution in [0.25, 0.3) is 6.08 Å². The van der Waals surface area contributed by atoms with Crippen molar-refractivity contribution in [2.45, 2.75) is 27.2 Å². The fourth-order valence-electron chi connectivity index (χ4n) is 1.97. The van der Waals surface area contributed by atoms with Gasteiger partial charge in [-0.3, -0.25) is 4.79 Å². The first-order valence-corrected chi connectivity index (χ1v) is 6.80. The van der Waals surface area contributed by atoms with Crippen molar-refractivity contribution in [1.29, 1.82) is 0 Å². The van der Waals surface area contributed by atoms with E-state index in [1.54, 1.807) is 17.0 Å². The maximum Gasteiger partial charge on any atom is 0.328 e. The average molecular weight is 275 g/mol. The zero-order valence-electron chi connectivity index (χ0n) is 12.2. The molecule has 1 aromatic rings. The second kappa shape index (κ2) is 7.48. The van der Waals surface area contributed by atoms with Crippen LogP contribution < -0.4 is 0 Å². The Kier molecular flexibility index (Phi) is 5.97. The molecular formula is C16H21NO3. The lowest BCUT2D eigenvalue weighted by Crippen LogP contribution is -2.31. The lowest BCUT2D eigenvalue weighted by molar-refractivity contribution is -0.131. The van der Waals surface area contributed by atoms with Gasteiger partial charge in [0.1, 0.15) is 0 Å². The molecule has 1 N–H and O–H groups in total. The van der Waals surface area contributed by atoms with Crippen LogP contribution in [0.2, 0.25) is 0 Å². The molecule has 0 radical (unpaired) electrons. The lowest BCUT2D eigenvalue weighted by Gasteiger charge is -2.20. The molecule has 108 valence electrons. The summed E-state index contributed by atoms with van der Waals surface area (Å²) in [7, 11) is 0. The molecule has 1 aromatic carbocycles. The van der Waals surface area contributed by atoms with Crippen molar-refractivity contribution in [3.63, 3.8) is 0 Å². The molecule has 4 heteroatoms. The van der Waals surface area contributed by atoms with E-state index in [1.807, 2.05) is 26.8 Å². The predicted molar refractivity (Wildman–Crippen MR) is 79.7 cm³/mol. The molecule has 0 heterocycles. The largest absolute Gasteiger partial charge is 0.478 e. The Morgan fingerprint density at radius 1 is 1.30 bits per heavy atom. The normalized spacial score (nSPS) is 10.8. The molecule has 0 unspecified atom stereocenters. The number of carbonyl (C=O) groups excluding carboxylic acids is 1. The van der Waals surface area contributed by atoms with Gasteiger partial charge in [-0.2, -0.15) is 0 Å². The number of carboxylic acid groups (broad SMARTS) is 1. The average Bonchev–Trinajstić information content (AvgIpc) is 2.43.